The third-order valence-corrected chi connectivity index (χ3v) is 5.73. The maximum Gasteiger partial charge on any atom is 0.126 e. The first-order valence-corrected chi connectivity index (χ1v) is 7.63. The molecule has 0 aromatic heterocycles. The third-order valence-electron chi connectivity index (χ3n) is 5.73. The van der Waals surface area contributed by atoms with Crippen LogP contribution < -0.4 is 0 Å². The Morgan fingerprint density at radius 2 is 1.06 bits per heavy atom. The van der Waals surface area contributed by atoms with Gasteiger partial charge in [-0.2, -0.15) is 0 Å². The smallest absolute Gasteiger partial charge is 0.0669 e. The molecular weight excluding hydrogens is 203 g/mol. The molecule has 17 heavy (non-hydrogen) atoms. The second kappa shape index (κ2) is 6.30. The highest BCUT2D eigenvalue weighted by molar-refractivity contribution is 6.44. The Kier molecular flexibility index (Phi) is 6.32. The van der Waals surface area contributed by atoms with E-state index in [9.17, 15) is 0 Å². The highest BCUT2D eigenvalue weighted by atomic mass is 14.4. The maximum atomic E-state index is 2.71. The van der Waals surface area contributed by atoms with Crippen molar-refractivity contribution in [2.24, 2.45) is 5.41 Å². The summed E-state index contributed by atoms with van der Waals surface area (Å²) >= 11 is 0. The van der Waals surface area contributed by atoms with Crippen molar-refractivity contribution in [3.05, 3.63) is 0 Å². The molecule has 0 rings (SSSR count). The van der Waals surface area contributed by atoms with Crippen LogP contribution in [0.2, 0.25) is 10.6 Å². The Hall–Kier alpha value is 0.0649. The molecule has 0 spiro atoms. The first-order valence-electron chi connectivity index (χ1n) is 7.63. The van der Waals surface area contributed by atoms with E-state index < -0.39 is 0 Å². The van der Waals surface area contributed by atoms with Crippen LogP contribution in [0.5, 0.6) is 0 Å². The Labute approximate surface area is 111 Å². The highest BCUT2D eigenvalue weighted by Crippen LogP contribution is 2.57. The molecule has 0 aromatic rings. The fourth-order valence-electron chi connectivity index (χ4n) is 3.08. The van der Waals surface area contributed by atoms with E-state index in [2.05, 4.69) is 62.7 Å². The predicted octanol–water partition coefficient (Wildman–Crippen LogP) is 6.10. The zero-order chi connectivity index (χ0) is 13.7. The summed E-state index contributed by atoms with van der Waals surface area (Å²) in [6.07, 6.45) is 6.30. The fourth-order valence-corrected chi connectivity index (χ4v) is 3.08. The molecule has 0 aliphatic heterocycles. The van der Waals surface area contributed by atoms with Crippen molar-refractivity contribution in [2.75, 3.05) is 0 Å². The molecule has 1 heteroatoms. The van der Waals surface area contributed by atoms with E-state index in [4.69, 9.17) is 0 Å². The molecule has 0 aliphatic rings. The van der Waals surface area contributed by atoms with Gasteiger partial charge >= 0.3 is 0 Å². The first-order chi connectivity index (χ1) is 7.76. The fraction of sp³-hybridized carbons (Fsp3) is 1.00. The van der Waals surface area contributed by atoms with E-state index in [1.807, 2.05) is 0 Å². The average molecular weight is 237 g/mol. The molecule has 0 saturated heterocycles. The summed E-state index contributed by atoms with van der Waals surface area (Å²) in [7, 11) is 2.71. The lowest BCUT2D eigenvalue weighted by molar-refractivity contribution is 0.201. The van der Waals surface area contributed by atoms with Crippen LogP contribution in [0.3, 0.4) is 0 Å². The van der Waals surface area contributed by atoms with Crippen molar-refractivity contribution >= 4 is 7.28 Å². The number of hydrogen-bond donors (Lipinski definition) is 0. The summed E-state index contributed by atoms with van der Waals surface area (Å²) in [5, 5.41) is 0.793. The third kappa shape index (κ3) is 3.52. The minimum Gasteiger partial charge on any atom is -0.0669 e. The van der Waals surface area contributed by atoms with Crippen molar-refractivity contribution in [2.45, 2.75) is 98.1 Å². The van der Waals surface area contributed by atoms with E-state index in [1.54, 1.807) is 0 Å². The maximum absolute atomic E-state index is 2.71. The lowest BCUT2D eigenvalue weighted by Gasteiger charge is -2.50. The molecule has 0 aromatic carbocycles. The number of hydrogen-bond acceptors (Lipinski definition) is 0. The van der Waals surface area contributed by atoms with Crippen LogP contribution in [0, 0.1) is 5.41 Å². The van der Waals surface area contributed by atoms with Crippen LogP contribution in [-0.2, 0) is 0 Å². The topological polar surface area (TPSA) is 0 Å². The molecule has 0 amide bonds. The minimum absolute atomic E-state index is 0.391. The van der Waals surface area contributed by atoms with Crippen molar-refractivity contribution in [3.63, 3.8) is 0 Å². The molecule has 1 radical (unpaired) electrons. The standard InChI is InChI=1S/C16H34B/c1-9-14(6,7)16(12-4,13-5)17-15(8,10-2)11-3/h9-13H2,1-8H3. The predicted molar refractivity (Wildman–Crippen MR) is 82.1 cm³/mol. The summed E-state index contributed by atoms with van der Waals surface area (Å²) in [4.78, 5) is 0. The monoisotopic (exact) mass is 237 g/mol. The summed E-state index contributed by atoms with van der Waals surface area (Å²) in [6.45, 7) is 19.0. The van der Waals surface area contributed by atoms with Gasteiger partial charge < -0.3 is 0 Å². The van der Waals surface area contributed by atoms with Gasteiger partial charge in [-0.1, -0.05) is 98.1 Å². The van der Waals surface area contributed by atoms with Crippen LogP contribution in [0.25, 0.3) is 0 Å². The quantitative estimate of drug-likeness (QED) is 0.447. The number of rotatable bonds is 8. The highest BCUT2D eigenvalue weighted by Gasteiger charge is 2.45. The van der Waals surface area contributed by atoms with Gasteiger partial charge in [0, 0.05) is 0 Å². The van der Waals surface area contributed by atoms with Crippen LogP contribution in [0.1, 0.15) is 87.5 Å². The Balaban J connectivity index is 5.23. The van der Waals surface area contributed by atoms with Crippen molar-refractivity contribution in [1.82, 2.24) is 0 Å². The molecular formula is C16H34B. The molecule has 0 unspecified atom stereocenters. The van der Waals surface area contributed by atoms with Crippen molar-refractivity contribution in [3.8, 4) is 0 Å². The lowest BCUT2D eigenvalue weighted by Crippen LogP contribution is -2.40. The van der Waals surface area contributed by atoms with Gasteiger partial charge in [0.15, 0.2) is 0 Å². The van der Waals surface area contributed by atoms with E-state index in [0.29, 0.717) is 16.0 Å². The first kappa shape index (κ1) is 17.1. The zero-order valence-corrected chi connectivity index (χ0v) is 13.6. The second-order valence-electron chi connectivity index (χ2n) is 6.61. The molecule has 0 N–H and O–H groups in total. The van der Waals surface area contributed by atoms with Gasteiger partial charge in [0.1, 0.15) is 7.28 Å². The molecule has 101 valence electrons. The molecule has 0 atom stereocenters. The van der Waals surface area contributed by atoms with Crippen molar-refractivity contribution < 1.29 is 0 Å². The van der Waals surface area contributed by atoms with Crippen LogP contribution >= 0.6 is 0 Å². The zero-order valence-electron chi connectivity index (χ0n) is 13.6. The Morgan fingerprint density at radius 3 is 1.29 bits per heavy atom. The lowest BCUT2D eigenvalue weighted by atomic mass is 9.31. The molecule has 0 aliphatic carbocycles. The summed E-state index contributed by atoms with van der Waals surface area (Å²) in [6, 6.07) is 0. The van der Waals surface area contributed by atoms with Crippen LogP contribution in [0.15, 0.2) is 0 Å². The van der Waals surface area contributed by atoms with Gasteiger partial charge in [-0.3, -0.25) is 0 Å². The van der Waals surface area contributed by atoms with Crippen LogP contribution in [-0.4, -0.2) is 7.28 Å². The van der Waals surface area contributed by atoms with Gasteiger partial charge in [-0.25, -0.2) is 0 Å². The van der Waals surface area contributed by atoms with Gasteiger partial charge in [0.25, 0.3) is 0 Å². The molecule has 0 bridgehead atoms. The summed E-state index contributed by atoms with van der Waals surface area (Å²) in [5.41, 5.74) is 0.405. The van der Waals surface area contributed by atoms with E-state index in [1.165, 1.54) is 32.1 Å². The van der Waals surface area contributed by atoms with E-state index >= 15 is 0 Å². The summed E-state index contributed by atoms with van der Waals surface area (Å²) in [5.74, 6) is 0. The van der Waals surface area contributed by atoms with Crippen LogP contribution in [0.4, 0.5) is 0 Å². The second-order valence-corrected chi connectivity index (χ2v) is 6.61. The Bertz CT molecular complexity index is 210. The molecule has 0 nitrogen and oxygen atoms in total. The molecule has 0 saturated carbocycles. The van der Waals surface area contributed by atoms with Gasteiger partial charge in [0.05, 0.1) is 0 Å². The average Bonchev–Trinajstić information content (AvgIpc) is 2.35. The van der Waals surface area contributed by atoms with E-state index in [-0.39, 0.29) is 0 Å². The van der Waals surface area contributed by atoms with Crippen molar-refractivity contribution in [1.29, 1.82) is 0 Å². The molecule has 0 fully saturated rings. The molecule has 0 heterocycles. The van der Waals surface area contributed by atoms with Gasteiger partial charge in [-0.05, 0) is 5.41 Å². The van der Waals surface area contributed by atoms with Gasteiger partial charge in [0.2, 0.25) is 0 Å². The Morgan fingerprint density at radius 1 is 0.647 bits per heavy atom. The minimum atomic E-state index is 0.391. The van der Waals surface area contributed by atoms with E-state index in [0.717, 1.165) is 0 Å². The SMILES string of the molecule is CCC(C)([B]C(CC)(CC)C(C)(C)CC)CC. The summed E-state index contributed by atoms with van der Waals surface area (Å²) < 4.78 is 0. The normalized spacial score (nSPS) is 13.9. The largest absolute Gasteiger partial charge is 0.126 e. The van der Waals surface area contributed by atoms with Gasteiger partial charge in [-0.15, -0.1) is 0 Å².